The van der Waals surface area contributed by atoms with Gasteiger partial charge in [-0.25, -0.2) is 0 Å². The van der Waals surface area contributed by atoms with E-state index in [-0.39, 0.29) is 5.91 Å². The third-order valence-electron chi connectivity index (χ3n) is 5.11. The third kappa shape index (κ3) is 5.27. The van der Waals surface area contributed by atoms with E-state index in [1.807, 2.05) is 6.07 Å². The zero-order valence-corrected chi connectivity index (χ0v) is 16.5. The topological polar surface area (TPSA) is 60.0 Å². The Balaban J connectivity index is 1.97. The van der Waals surface area contributed by atoms with Crippen LogP contribution in [0.5, 0.6) is 17.2 Å². The Labute approximate surface area is 156 Å². The Morgan fingerprint density at radius 3 is 2.23 bits per heavy atom. The normalized spacial score (nSPS) is 15.0. The van der Waals surface area contributed by atoms with Crippen LogP contribution >= 0.6 is 0 Å². The maximum Gasteiger partial charge on any atom is 0.234 e. The molecule has 1 aliphatic carbocycles. The number of nitrogens with zero attached hydrogens (tertiary/aromatic N) is 1. The molecule has 146 valence electrons. The van der Waals surface area contributed by atoms with Crippen molar-refractivity contribution in [1.82, 2.24) is 10.2 Å². The molecule has 1 aromatic rings. The van der Waals surface area contributed by atoms with Crippen molar-refractivity contribution < 1.29 is 19.0 Å². The van der Waals surface area contributed by atoms with Crippen LogP contribution in [0.1, 0.15) is 44.6 Å². The van der Waals surface area contributed by atoms with Gasteiger partial charge in [0.25, 0.3) is 0 Å². The Kier molecular flexibility index (Phi) is 8.04. The summed E-state index contributed by atoms with van der Waals surface area (Å²) in [4.78, 5) is 14.7. The fourth-order valence-corrected chi connectivity index (χ4v) is 3.61. The van der Waals surface area contributed by atoms with Gasteiger partial charge in [0.15, 0.2) is 11.5 Å². The van der Waals surface area contributed by atoms with Gasteiger partial charge < -0.3 is 19.5 Å². The lowest BCUT2D eigenvalue weighted by Crippen LogP contribution is -2.43. The molecule has 6 heteroatoms. The number of nitrogens with one attached hydrogen (secondary N) is 1. The molecule has 26 heavy (non-hydrogen) atoms. The Bertz CT molecular complexity index is 585. The van der Waals surface area contributed by atoms with Crippen molar-refractivity contribution in [2.45, 2.75) is 51.6 Å². The van der Waals surface area contributed by atoms with E-state index < -0.39 is 0 Å². The van der Waals surface area contributed by atoms with Gasteiger partial charge in [-0.15, -0.1) is 0 Å². The van der Waals surface area contributed by atoms with Crippen molar-refractivity contribution >= 4 is 5.91 Å². The molecule has 0 unspecified atom stereocenters. The fourth-order valence-electron chi connectivity index (χ4n) is 3.61. The number of likely N-dealkylation sites (N-methyl/N-ethyl adjacent to an activating group) is 1. The second-order valence-electron chi connectivity index (χ2n) is 6.65. The molecule has 0 aromatic heterocycles. The molecule has 6 nitrogen and oxygen atoms in total. The van der Waals surface area contributed by atoms with E-state index in [0.717, 1.165) is 12.1 Å². The molecule has 0 bridgehead atoms. The van der Waals surface area contributed by atoms with E-state index in [1.54, 1.807) is 27.4 Å². The van der Waals surface area contributed by atoms with Gasteiger partial charge in [0, 0.05) is 24.2 Å². The average Bonchev–Trinajstić information content (AvgIpc) is 2.70. The van der Waals surface area contributed by atoms with Gasteiger partial charge in [0.1, 0.15) is 5.75 Å². The van der Waals surface area contributed by atoms with E-state index in [4.69, 9.17) is 14.2 Å². The van der Waals surface area contributed by atoms with Gasteiger partial charge in [-0.1, -0.05) is 26.2 Å². The Morgan fingerprint density at radius 1 is 1.04 bits per heavy atom. The number of carbonyl (C=O) groups excluding carboxylic acids is 1. The zero-order valence-electron chi connectivity index (χ0n) is 16.5. The molecule has 0 atom stereocenters. The molecule has 1 saturated carbocycles. The maximum absolute atomic E-state index is 12.5. The monoisotopic (exact) mass is 364 g/mol. The number of methoxy groups -OCH3 is 3. The standard InChI is InChI=1S/C20H32N2O4/c1-5-22(16-9-7-6-8-10-16)14-20(23)21-13-15-11-18(25-3)19(26-4)12-17(15)24-2/h11-12,16H,5-10,13-14H2,1-4H3,(H,21,23). The zero-order chi connectivity index (χ0) is 18.9. The van der Waals surface area contributed by atoms with E-state index in [0.29, 0.717) is 36.4 Å². The summed E-state index contributed by atoms with van der Waals surface area (Å²) in [5.41, 5.74) is 0.860. The van der Waals surface area contributed by atoms with Gasteiger partial charge in [-0.3, -0.25) is 9.69 Å². The summed E-state index contributed by atoms with van der Waals surface area (Å²) < 4.78 is 16.1. The Hall–Kier alpha value is -1.95. The lowest BCUT2D eigenvalue weighted by atomic mass is 9.94. The first-order valence-corrected chi connectivity index (χ1v) is 9.42. The lowest BCUT2D eigenvalue weighted by molar-refractivity contribution is -0.123. The van der Waals surface area contributed by atoms with Crippen molar-refractivity contribution in [3.05, 3.63) is 17.7 Å². The number of hydrogen-bond donors (Lipinski definition) is 1. The van der Waals surface area contributed by atoms with Crippen LogP contribution < -0.4 is 19.5 Å². The summed E-state index contributed by atoms with van der Waals surface area (Å²) in [5.74, 6) is 1.93. The smallest absolute Gasteiger partial charge is 0.234 e. The summed E-state index contributed by atoms with van der Waals surface area (Å²) in [6.45, 7) is 3.86. The number of hydrogen-bond acceptors (Lipinski definition) is 5. The molecule has 0 spiro atoms. The average molecular weight is 364 g/mol. The van der Waals surface area contributed by atoms with Crippen LogP contribution in [0, 0.1) is 0 Å². The molecule has 1 N–H and O–H groups in total. The summed E-state index contributed by atoms with van der Waals surface area (Å²) in [7, 11) is 4.79. The van der Waals surface area contributed by atoms with Gasteiger partial charge in [0.05, 0.1) is 27.9 Å². The molecule has 0 heterocycles. The van der Waals surface area contributed by atoms with Crippen LogP contribution in [0.15, 0.2) is 12.1 Å². The molecule has 1 aromatic carbocycles. The summed E-state index contributed by atoms with van der Waals surface area (Å²) in [6, 6.07) is 4.16. The molecular formula is C20H32N2O4. The van der Waals surface area contributed by atoms with Crippen LogP contribution in [-0.2, 0) is 11.3 Å². The highest BCUT2D eigenvalue weighted by Crippen LogP contribution is 2.34. The minimum Gasteiger partial charge on any atom is -0.496 e. The van der Waals surface area contributed by atoms with Gasteiger partial charge in [-0.2, -0.15) is 0 Å². The number of benzene rings is 1. The second kappa shape index (κ2) is 10.3. The number of amides is 1. The van der Waals surface area contributed by atoms with Crippen LogP contribution in [0.3, 0.4) is 0 Å². The maximum atomic E-state index is 12.5. The second-order valence-corrected chi connectivity index (χ2v) is 6.65. The minimum absolute atomic E-state index is 0.0364. The molecule has 0 saturated heterocycles. The molecule has 0 aliphatic heterocycles. The summed E-state index contributed by atoms with van der Waals surface area (Å²) in [6.07, 6.45) is 6.26. The highest BCUT2D eigenvalue weighted by Gasteiger charge is 2.22. The molecule has 2 rings (SSSR count). The molecule has 1 aliphatic rings. The van der Waals surface area contributed by atoms with Crippen LogP contribution in [0.25, 0.3) is 0 Å². The van der Waals surface area contributed by atoms with Gasteiger partial charge in [-0.05, 0) is 25.5 Å². The number of ether oxygens (including phenoxy) is 3. The number of carbonyl (C=O) groups is 1. The van der Waals surface area contributed by atoms with Crippen LogP contribution in [0.4, 0.5) is 0 Å². The van der Waals surface area contributed by atoms with E-state index in [1.165, 1.54) is 32.1 Å². The highest BCUT2D eigenvalue weighted by atomic mass is 16.5. The lowest BCUT2D eigenvalue weighted by Gasteiger charge is -2.32. The molecule has 0 radical (unpaired) electrons. The first-order valence-electron chi connectivity index (χ1n) is 9.42. The predicted molar refractivity (Wildman–Crippen MR) is 102 cm³/mol. The largest absolute Gasteiger partial charge is 0.496 e. The fraction of sp³-hybridized carbons (Fsp3) is 0.650. The summed E-state index contributed by atoms with van der Waals surface area (Å²) >= 11 is 0. The summed E-state index contributed by atoms with van der Waals surface area (Å²) in [5, 5.41) is 3.01. The molecular weight excluding hydrogens is 332 g/mol. The molecule has 1 amide bonds. The van der Waals surface area contributed by atoms with Gasteiger partial charge in [0.2, 0.25) is 5.91 Å². The predicted octanol–water partition coefficient (Wildman–Crippen LogP) is 2.98. The number of rotatable bonds is 9. The van der Waals surface area contributed by atoms with E-state index in [2.05, 4.69) is 17.1 Å². The first-order chi connectivity index (χ1) is 12.6. The minimum atomic E-state index is 0.0364. The van der Waals surface area contributed by atoms with E-state index in [9.17, 15) is 4.79 Å². The van der Waals surface area contributed by atoms with Crippen molar-refractivity contribution in [2.75, 3.05) is 34.4 Å². The Morgan fingerprint density at radius 2 is 1.65 bits per heavy atom. The van der Waals surface area contributed by atoms with Crippen molar-refractivity contribution in [3.63, 3.8) is 0 Å². The van der Waals surface area contributed by atoms with Crippen LogP contribution in [0.2, 0.25) is 0 Å². The SMILES string of the molecule is CCN(CC(=O)NCc1cc(OC)c(OC)cc1OC)C1CCCCC1. The highest BCUT2D eigenvalue weighted by molar-refractivity contribution is 5.78. The van der Waals surface area contributed by atoms with Crippen molar-refractivity contribution in [1.29, 1.82) is 0 Å². The van der Waals surface area contributed by atoms with E-state index >= 15 is 0 Å². The van der Waals surface area contributed by atoms with Crippen molar-refractivity contribution in [3.8, 4) is 17.2 Å². The van der Waals surface area contributed by atoms with Crippen LogP contribution in [-0.4, -0.2) is 51.3 Å². The van der Waals surface area contributed by atoms with Gasteiger partial charge >= 0.3 is 0 Å². The quantitative estimate of drug-likeness (QED) is 0.730. The third-order valence-corrected chi connectivity index (χ3v) is 5.11. The van der Waals surface area contributed by atoms with Crippen molar-refractivity contribution in [2.24, 2.45) is 0 Å². The first kappa shape index (κ1) is 20.4. The molecule has 1 fully saturated rings.